The molecule has 454 valence electrons. The molecule has 84 heavy (non-hydrogen) atoms. The largest absolute Gasteiger partial charge is 0.445 e. The number of amides is 8. The molecule has 5 rings (SSSR count). The van der Waals surface area contributed by atoms with Gasteiger partial charge in [-0.2, -0.15) is 0 Å². The van der Waals surface area contributed by atoms with Crippen molar-refractivity contribution in [3.63, 3.8) is 0 Å². The first-order valence-corrected chi connectivity index (χ1v) is 28.3. The number of carbonyl (C=O) groups excluding carboxylic acids is 7. The maximum atomic E-state index is 14.6. The van der Waals surface area contributed by atoms with Crippen molar-refractivity contribution in [3.8, 4) is 0 Å². The van der Waals surface area contributed by atoms with E-state index in [4.69, 9.17) is 41.3 Å². The Bertz CT molecular complexity index is 3030. The van der Waals surface area contributed by atoms with Crippen LogP contribution in [-0.2, 0) is 46.5 Å². The van der Waals surface area contributed by atoms with Crippen molar-refractivity contribution < 1.29 is 57.6 Å². The minimum absolute atomic E-state index is 0.0749. The van der Waals surface area contributed by atoms with Crippen molar-refractivity contribution in [1.82, 2.24) is 41.0 Å². The van der Waals surface area contributed by atoms with E-state index < -0.39 is 72.4 Å². The molecular weight excluding hydrogens is 1100 g/mol. The van der Waals surface area contributed by atoms with Gasteiger partial charge in [0, 0.05) is 56.0 Å². The van der Waals surface area contributed by atoms with Crippen LogP contribution in [0.15, 0.2) is 102 Å². The number of carbonyl (C=O) groups is 7. The van der Waals surface area contributed by atoms with Crippen molar-refractivity contribution in [2.24, 2.45) is 17.6 Å². The normalized spacial score (nSPS) is 13.0. The van der Waals surface area contributed by atoms with E-state index in [0.29, 0.717) is 51.4 Å². The van der Waals surface area contributed by atoms with Gasteiger partial charge in [-0.1, -0.05) is 106 Å². The van der Waals surface area contributed by atoms with Crippen molar-refractivity contribution in [2.75, 3.05) is 51.8 Å². The lowest BCUT2D eigenvalue weighted by Gasteiger charge is -2.35. The minimum Gasteiger partial charge on any atom is -0.445 e. The standard InChI is InChI=1S/C60H79ClN10O13/c1-8-45(34-72)84-50(81-7)36-83-60(80)65-30-27-49(73)69-51(37(2)3)55(75)68-47(16-12-28-63-58(62)78)54(74)66-44-24-19-41(20-25-44)35-82-59(79)64-29-13-31-70(56(76)42-21-17-39(6)18-22-42)52(38(4)5)53-67-48-32-43(61)23-26-46(48)57(77)71(53)33-40-14-10-9-11-15-40/h9-11,14-15,17-26,32,37-38,45,47,50-52,72H,8,12-13,16,27-31,33-36H2,1-7H3,(H,64,79)(H,65,80)(H,66,74)(H,68,75)(H,69,73)(H3,62,63,78)/t45?,47-,50?,51-,52-/m1/s1. The highest BCUT2D eigenvalue weighted by atomic mass is 35.5. The fourth-order valence-corrected chi connectivity index (χ4v) is 9.05. The van der Waals surface area contributed by atoms with Crippen LogP contribution in [0.25, 0.3) is 10.9 Å². The molecule has 0 aliphatic rings. The molecular formula is C60H79ClN10O13. The van der Waals surface area contributed by atoms with Gasteiger partial charge in [0.1, 0.15) is 31.1 Å². The Balaban J connectivity index is 1.18. The Kier molecular flexibility index (Phi) is 26.9. The summed E-state index contributed by atoms with van der Waals surface area (Å²) in [5.41, 5.74) is 8.59. The van der Waals surface area contributed by atoms with Crippen LogP contribution >= 0.6 is 11.6 Å². The molecule has 2 unspecified atom stereocenters. The van der Waals surface area contributed by atoms with E-state index in [1.54, 1.807) is 77.9 Å². The second-order valence-corrected chi connectivity index (χ2v) is 21.1. The molecule has 5 atom stereocenters. The Morgan fingerprint density at radius 2 is 1.46 bits per heavy atom. The van der Waals surface area contributed by atoms with Crippen LogP contribution in [0.3, 0.4) is 0 Å². The molecule has 9 N–H and O–H groups in total. The number of nitrogens with one attached hydrogen (secondary N) is 6. The summed E-state index contributed by atoms with van der Waals surface area (Å²) in [4.78, 5) is 113. The molecule has 0 saturated carbocycles. The fraction of sp³-hybridized carbons (Fsp3) is 0.450. The summed E-state index contributed by atoms with van der Waals surface area (Å²) < 4.78 is 22.9. The third-order valence-electron chi connectivity index (χ3n) is 13.5. The molecule has 0 radical (unpaired) electrons. The van der Waals surface area contributed by atoms with E-state index in [2.05, 4.69) is 31.9 Å². The van der Waals surface area contributed by atoms with E-state index in [0.717, 1.165) is 11.1 Å². The number of alkyl carbamates (subject to hydrolysis) is 2. The molecule has 1 aromatic heterocycles. The number of urea groups is 1. The van der Waals surface area contributed by atoms with Gasteiger partial charge in [-0.25, -0.2) is 19.4 Å². The Morgan fingerprint density at radius 3 is 2.11 bits per heavy atom. The number of anilines is 1. The summed E-state index contributed by atoms with van der Waals surface area (Å²) >= 11 is 6.42. The number of ether oxygens (including phenoxy) is 4. The smallest absolute Gasteiger partial charge is 0.407 e. The maximum absolute atomic E-state index is 14.6. The molecule has 0 bridgehead atoms. The summed E-state index contributed by atoms with van der Waals surface area (Å²) in [7, 11) is 1.36. The number of benzene rings is 4. The third-order valence-corrected chi connectivity index (χ3v) is 13.7. The molecule has 1 heterocycles. The Hall–Kier alpha value is -8.12. The average Bonchev–Trinajstić information content (AvgIpc) is 2.80. The van der Waals surface area contributed by atoms with E-state index in [1.807, 2.05) is 70.2 Å². The zero-order valence-electron chi connectivity index (χ0n) is 48.6. The highest BCUT2D eigenvalue weighted by molar-refractivity contribution is 6.31. The quantitative estimate of drug-likeness (QED) is 0.0170. The number of nitrogens with two attached hydrogens (primary N) is 1. The number of rotatable bonds is 32. The summed E-state index contributed by atoms with van der Waals surface area (Å²) in [6.45, 7) is 10.9. The minimum atomic E-state index is -1.13. The maximum Gasteiger partial charge on any atom is 0.407 e. The third kappa shape index (κ3) is 20.9. The van der Waals surface area contributed by atoms with Crippen LogP contribution in [-0.4, -0.2) is 132 Å². The number of hydrogen-bond acceptors (Lipinski definition) is 14. The van der Waals surface area contributed by atoms with Gasteiger partial charge in [-0.05, 0) is 98.0 Å². The topological polar surface area (TPSA) is 313 Å². The second-order valence-electron chi connectivity index (χ2n) is 20.7. The number of primary amides is 1. The Morgan fingerprint density at radius 1 is 0.786 bits per heavy atom. The van der Waals surface area contributed by atoms with Gasteiger partial charge >= 0.3 is 18.2 Å². The molecule has 4 aromatic carbocycles. The number of methoxy groups -OCH3 is 1. The molecule has 0 aliphatic carbocycles. The predicted octanol–water partition coefficient (Wildman–Crippen LogP) is 6.45. The summed E-state index contributed by atoms with van der Waals surface area (Å²) in [5.74, 6) is -2.36. The number of aryl methyl sites for hydroxylation is 1. The van der Waals surface area contributed by atoms with Gasteiger partial charge in [0.15, 0.2) is 6.29 Å². The van der Waals surface area contributed by atoms with Crippen LogP contribution in [0.2, 0.25) is 5.02 Å². The van der Waals surface area contributed by atoms with Crippen molar-refractivity contribution in [3.05, 3.63) is 141 Å². The average molecular weight is 1180 g/mol. The van der Waals surface area contributed by atoms with Crippen molar-refractivity contribution in [1.29, 1.82) is 0 Å². The van der Waals surface area contributed by atoms with Crippen LogP contribution < -0.4 is 43.2 Å². The predicted molar refractivity (Wildman–Crippen MR) is 317 cm³/mol. The number of halogens is 1. The van der Waals surface area contributed by atoms with E-state index in [-0.39, 0.29) is 89.2 Å². The van der Waals surface area contributed by atoms with Gasteiger partial charge in [0.2, 0.25) is 17.7 Å². The van der Waals surface area contributed by atoms with E-state index in [9.17, 15) is 43.5 Å². The van der Waals surface area contributed by atoms with Gasteiger partial charge in [-0.15, -0.1) is 0 Å². The molecule has 23 nitrogen and oxygen atoms in total. The molecule has 0 saturated heterocycles. The summed E-state index contributed by atoms with van der Waals surface area (Å²) in [5, 5.41) is 26.0. The number of nitrogens with zero attached hydrogens (tertiary/aromatic N) is 3. The summed E-state index contributed by atoms with van der Waals surface area (Å²) in [6, 6.07) is 24.5. The van der Waals surface area contributed by atoms with Crippen molar-refractivity contribution >= 4 is 70.0 Å². The molecule has 0 spiro atoms. The zero-order valence-corrected chi connectivity index (χ0v) is 49.4. The SMILES string of the molecule is CCC(CO)OC(COC(=O)NCCC(=O)N[C@@H](C(=O)N[C@H](CCCNC(N)=O)C(=O)Nc1ccc(COC(=O)NCCCN(C(=O)c2ccc(C)cc2)[C@@H](c2nc3cc(Cl)ccc3c(=O)n2Cc2ccccc2)C(C)C)cc1)C(C)C)OC. The number of fused-ring (bicyclic) bond motifs is 1. The number of aliphatic hydroxyl groups excluding tert-OH is 1. The molecule has 24 heteroatoms. The highest BCUT2D eigenvalue weighted by Gasteiger charge is 2.34. The van der Waals surface area contributed by atoms with E-state index >= 15 is 0 Å². The van der Waals surface area contributed by atoms with Crippen molar-refractivity contribution in [2.45, 2.75) is 117 Å². The van der Waals surface area contributed by atoms with Crippen LogP contribution in [0, 0.1) is 18.8 Å². The van der Waals surface area contributed by atoms with Gasteiger partial charge in [0.25, 0.3) is 11.5 Å². The fourth-order valence-electron chi connectivity index (χ4n) is 8.88. The lowest BCUT2D eigenvalue weighted by molar-refractivity contribution is -0.181. The van der Waals surface area contributed by atoms with Crippen LogP contribution in [0.5, 0.6) is 0 Å². The Labute approximate surface area is 494 Å². The van der Waals surface area contributed by atoms with E-state index in [1.165, 1.54) is 7.11 Å². The number of hydrogen-bond donors (Lipinski definition) is 8. The lowest BCUT2D eigenvalue weighted by atomic mass is 9.98. The van der Waals surface area contributed by atoms with Gasteiger partial charge in [0.05, 0.1) is 36.2 Å². The molecule has 8 amide bonds. The first-order valence-electron chi connectivity index (χ1n) is 28.0. The second kappa shape index (κ2) is 33.9. The number of aliphatic hydroxyl groups is 1. The molecule has 0 aliphatic heterocycles. The zero-order chi connectivity index (χ0) is 61.3. The molecule has 5 aromatic rings. The number of aromatic nitrogens is 2. The highest BCUT2D eigenvalue weighted by Crippen LogP contribution is 2.31. The van der Waals surface area contributed by atoms with Crippen LogP contribution in [0.1, 0.15) is 106 Å². The lowest BCUT2D eigenvalue weighted by Crippen LogP contribution is -2.54. The first-order chi connectivity index (χ1) is 40.2. The first kappa shape index (κ1) is 66.7. The monoisotopic (exact) mass is 1180 g/mol. The van der Waals surface area contributed by atoms with Crippen LogP contribution in [0.4, 0.5) is 20.1 Å². The van der Waals surface area contributed by atoms with Gasteiger partial charge in [-0.3, -0.25) is 28.5 Å². The molecule has 0 fully saturated rings. The summed E-state index contributed by atoms with van der Waals surface area (Å²) in [6.07, 6.45) is -2.05. The van der Waals surface area contributed by atoms with Gasteiger partial charge < -0.3 is 66.6 Å².